The number of nitrogens with one attached hydrogen (secondary N) is 1. The molecule has 0 bridgehead atoms. The molecule has 1 saturated carbocycles. The predicted octanol–water partition coefficient (Wildman–Crippen LogP) is 5.61. The lowest BCUT2D eigenvalue weighted by Gasteiger charge is -2.22. The van der Waals surface area contributed by atoms with E-state index in [2.05, 4.69) is 18.3 Å². The Bertz CT molecular complexity index is 1180. The number of benzene rings is 2. The largest absolute Gasteiger partial charge is 0.359 e. The summed E-state index contributed by atoms with van der Waals surface area (Å²) in [6, 6.07) is 15.2. The van der Waals surface area contributed by atoms with Crippen LogP contribution in [0, 0.1) is 6.92 Å². The van der Waals surface area contributed by atoms with Crippen molar-refractivity contribution in [3.63, 3.8) is 0 Å². The van der Waals surface area contributed by atoms with E-state index in [1.54, 1.807) is 35.6 Å². The highest BCUT2D eigenvalue weighted by Gasteiger charge is 2.31. The summed E-state index contributed by atoms with van der Waals surface area (Å²) in [5, 5.41) is 4.62. The molecule has 0 amide bonds. The van der Waals surface area contributed by atoms with Crippen molar-refractivity contribution >= 4 is 32.2 Å². The molecule has 3 aromatic rings. The number of thiazole rings is 1. The third-order valence-corrected chi connectivity index (χ3v) is 9.00. The van der Waals surface area contributed by atoms with Crippen LogP contribution in [0.1, 0.15) is 42.5 Å². The highest BCUT2D eigenvalue weighted by atomic mass is 32.2. The molecular formula is C24H27N3O2S2. The summed E-state index contributed by atoms with van der Waals surface area (Å²) < 4.78 is 27.7. The number of fused-ring (bicyclic) bond motifs is 1. The molecular weight excluding hydrogens is 426 g/mol. The van der Waals surface area contributed by atoms with Crippen LogP contribution in [0.4, 0.5) is 10.8 Å². The summed E-state index contributed by atoms with van der Waals surface area (Å²) in [6.07, 6.45) is 7.08. The highest BCUT2D eigenvalue weighted by Crippen LogP contribution is 2.38. The molecule has 1 aliphatic carbocycles. The molecule has 0 atom stereocenters. The van der Waals surface area contributed by atoms with Gasteiger partial charge >= 0.3 is 0 Å². The maximum atomic E-state index is 13.1. The zero-order valence-corrected chi connectivity index (χ0v) is 19.3. The molecule has 1 aromatic heterocycles. The van der Waals surface area contributed by atoms with Crippen LogP contribution in [0.25, 0.3) is 11.3 Å². The van der Waals surface area contributed by atoms with Crippen molar-refractivity contribution in [1.82, 2.24) is 4.98 Å². The second kappa shape index (κ2) is 8.28. The zero-order chi connectivity index (χ0) is 21.4. The van der Waals surface area contributed by atoms with E-state index in [9.17, 15) is 8.42 Å². The normalized spacial score (nSPS) is 17.0. The van der Waals surface area contributed by atoms with Gasteiger partial charge in [-0.15, -0.1) is 11.3 Å². The van der Waals surface area contributed by atoms with E-state index in [0.717, 1.165) is 27.6 Å². The fraction of sp³-hybridized carbons (Fsp3) is 0.375. The van der Waals surface area contributed by atoms with Crippen LogP contribution in [0.5, 0.6) is 0 Å². The molecule has 0 unspecified atom stereocenters. The van der Waals surface area contributed by atoms with Crippen molar-refractivity contribution in [2.75, 3.05) is 16.2 Å². The van der Waals surface area contributed by atoms with E-state index in [-0.39, 0.29) is 0 Å². The van der Waals surface area contributed by atoms with Gasteiger partial charge in [0.15, 0.2) is 5.13 Å². The Hall–Kier alpha value is -2.38. The number of nitrogens with zero attached hydrogens (tertiary/aromatic N) is 2. The molecule has 5 nitrogen and oxygen atoms in total. The maximum Gasteiger partial charge on any atom is 0.264 e. The SMILES string of the molecule is Cc1sc(NC2CCCCC2)nc1-c1ccc2c(c1)CCN2S(=O)(=O)c1ccccc1. The Kier molecular flexibility index (Phi) is 5.48. The minimum atomic E-state index is -3.54. The lowest BCUT2D eigenvalue weighted by Crippen LogP contribution is -2.29. The van der Waals surface area contributed by atoms with E-state index < -0.39 is 10.0 Å². The monoisotopic (exact) mass is 453 g/mol. The van der Waals surface area contributed by atoms with Gasteiger partial charge in [0.2, 0.25) is 0 Å². The molecule has 2 heterocycles. The Labute approximate surface area is 188 Å². The van der Waals surface area contributed by atoms with Crippen LogP contribution >= 0.6 is 11.3 Å². The minimum Gasteiger partial charge on any atom is -0.359 e. The molecule has 5 rings (SSSR count). The van der Waals surface area contributed by atoms with Crippen molar-refractivity contribution in [3.8, 4) is 11.3 Å². The van der Waals surface area contributed by atoms with Crippen LogP contribution in [0.3, 0.4) is 0 Å². The first-order valence-corrected chi connectivity index (χ1v) is 13.2. The summed E-state index contributed by atoms with van der Waals surface area (Å²) in [5.41, 5.74) is 3.89. The second-order valence-electron chi connectivity index (χ2n) is 8.39. The standard InChI is InChI=1S/C24H27N3O2S2/c1-17-23(26-24(30-17)25-20-8-4-2-5-9-20)19-12-13-22-18(16-19)14-15-27(22)31(28,29)21-10-6-3-7-11-21/h3,6-7,10-13,16,20H,2,4-5,8-9,14-15H2,1H3,(H,25,26). The van der Waals surface area contributed by atoms with Gasteiger partial charge in [-0.25, -0.2) is 13.4 Å². The van der Waals surface area contributed by atoms with E-state index in [0.29, 0.717) is 23.9 Å². The van der Waals surface area contributed by atoms with Crippen molar-refractivity contribution in [2.24, 2.45) is 0 Å². The smallest absolute Gasteiger partial charge is 0.264 e. The Morgan fingerprint density at radius 1 is 1.06 bits per heavy atom. The average Bonchev–Trinajstić information content (AvgIpc) is 3.38. The molecule has 31 heavy (non-hydrogen) atoms. The van der Waals surface area contributed by atoms with Crippen LogP contribution in [0.15, 0.2) is 53.4 Å². The lowest BCUT2D eigenvalue weighted by molar-refractivity contribution is 0.462. The number of hydrogen-bond donors (Lipinski definition) is 1. The average molecular weight is 454 g/mol. The number of aryl methyl sites for hydroxylation is 1. The molecule has 1 N–H and O–H groups in total. The van der Waals surface area contributed by atoms with Gasteiger partial charge in [0.1, 0.15) is 0 Å². The van der Waals surface area contributed by atoms with E-state index >= 15 is 0 Å². The molecule has 7 heteroatoms. The third kappa shape index (κ3) is 3.96. The third-order valence-electron chi connectivity index (χ3n) is 6.27. The van der Waals surface area contributed by atoms with Crippen LogP contribution in [-0.2, 0) is 16.4 Å². The van der Waals surface area contributed by atoms with Crippen LogP contribution < -0.4 is 9.62 Å². The Morgan fingerprint density at radius 2 is 1.84 bits per heavy atom. The molecule has 0 radical (unpaired) electrons. The molecule has 1 fully saturated rings. The fourth-order valence-electron chi connectivity index (χ4n) is 4.64. The summed E-state index contributed by atoms with van der Waals surface area (Å²) in [7, 11) is -3.54. The molecule has 1 aliphatic heterocycles. The second-order valence-corrected chi connectivity index (χ2v) is 11.5. The van der Waals surface area contributed by atoms with Crippen LogP contribution in [0.2, 0.25) is 0 Å². The number of rotatable bonds is 5. The predicted molar refractivity (Wildman–Crippen MR) is 127 cm³/mol. The van der Waals surface area contributed by atoms with Gasteiger partial charge in [-0.1, -0.05) is 43.5 Å². The summed E-state index contributed by atoms with van der Waals surface area (Å²) in [5.74, 6) is 0. The first kappa shape index (κ1) is 20.5. The number of hydrogen-bond acceptors (Lipinski definition) is 5. The molecule has 2 aromatic carbocycles. The van der Waals surface area contributed by atoms with Gasteiger partial charge in [0.05, 0.1) is 16.3 Å². The molecule has 162 valence electrons. The van der Waals surface area contributed by atoms with Gasteiger partial charge in [0, 0.05) is 23.0 Å². The van der Waals surface area contributed by atoms with E-state index in [1.807, 2.05) is 18.2 Å². The topological polar surface area (TPSA) is 62.3 Å². The number of sulfonamides is 1. The van der Waals surface area contributed by atoms with Crippen molar-refractivity contribution in [2.45, 2.75) is 56.4 Å². The molecule has 0 saturated heterocycles. The summed E-state index contributed by atoms with van der Waals surface area (Å²) >= 11 is 1.71. The van der Waals surface area contributed by atoms with Gasteiger partial charge in [-0.05, 0) is 56.0 Å². The summed E-state index contributed by atoms with van der Waals surface area (Å²) in [4.78, 5) is 6.41. The van der Waals surface area contributed by atoms with E-state index in [4.69, 9.17) is 4.98 Å². The van der Waals surface area contributed by atoms with Gasteiger partial charge in [0.25, 0.3) is 10.0 Å². The fourth-order valence-corrected chi connectivity index (χ4v) is 7.07. The molecule has 0 spiro atoms. The van der Waals surface area contributed by atoms with Gasteiger partial charge < -0.3 is 5.32 Å². The van der Waals surface area contributed by atoms with Crippen molar-refractivity contribution in [1.29, 1.82) is 0 Å². The van der Waals surface area contributed by atoms with Crippen molar-refractivity contribution in [3.05, 3.63) is 59.0 Å². The highest BCUT2D eigenvalue weighted by molar-refractivity contribution is 7.92. The first-order chi connectivity index (χ1) is 15.0. The zero-order valence-electron chi connectivity index (χ0n) is 17.7. The molecule has 2 aliphatic rings. The quantitative estimate of drug-likeness (QED) is 0.545. The van der Waals surface area contributed by atoms with Gasteiger partial charge in [-0.3, -0.25) is 4.31 Å². The van der Waals surface area contributed by atoms with E-state index in [1.165, 1.54) is 41.3 Å². The number of anilines is 2. The Balaban J connectivity index is 1.40. The maximum absolute atomic E-state index is 13.1. The Morgan fingerprint density at radius 3 is 2.61 bits per heavy atom. The first-order valence-electron chi connectivity index (χ1n) is 11.0. The summed E-state index contributed by atoms with van der Waals surface area (Å²) in [6.45, 7) is 2.58. The number of aromatic nitrogens is 1. The lowest BCUT2D eigenvalue weighted by atomic mass is 9.96. The van der Waals surface area contributed by atoms with Gasteiger partial charge in [-0.2, -0.15) is 0 Å². The minimum absolute atomic E-state index is 0.334. The van der Waals surface area contributed by atoms with Crippen molar-refractivity contribution < 1.29 is 8.42 Å². The van der Waals surface area contributed by atoms with Crippen LogP contribution in [-0.4, -0.2) is 26.0 Å².